The summed E-state index contributed by atoms with van der Waals surface area (Å²) in [6.45, 7) is 1.66. The number of carbonyl (C=O) groups excluding carboxylic acids is 2. The molecule has 0 fully saturated rings. The van der Waals surface area contributed by atoms with Crippen molar-refractivity contribution in [1.82, 2.24) is 0 Å². The number of carbonyl (C=O) groups is 2. The predicted octanol–water partition coefficient (Wildman–Crippen LogP) is 4.10. The highest BCUT2D eigenvalue weighted by atomic mass is 79.9. The summed E-state index contributed by atoms with van der Waals surface area (Å²) in [4.78, 5) is 23.9. The van der Waals surface area contributed by atoms with Gasteiger partial charge in [-0.3, -0.25) is 0 Å². The number of furan rings is 2. The molecule has 2 heterocycles. The van der Waals surface area contributed by atoms with E-state index < -0.39 is 11.9 Å². The number of esters is 2. The fourth-order valence-corrected chi connectivity index (χ4v) is 2.60. The van der Waals surface area contributed by atoms with Gasteiger partial charge in [-0.2, -0.15) is 0 Å². The molecule has 0 radical (unpaired) electrons. The molecular formula is C16H11BrO6. The number of halogens is 1. The number of fused-ring (bicyclic) bond motifs is 1. The highest BCUT2D eigenvalue weighted by Crippen LogP contribution is 2.35. The van der Waals surface area contributed by atoms with Crippen molar-refractivity contribution in [2.24, 2.45) is 0 Å². The first-order valence-corrected chi connectivity index (χ1v) is 7.37. The van der Waals surface area contributed by atoms with Crippen molar-refractivity contribution in [3.05, 3.63) is 52.1 Å². The van der Waals surface area contributed by atoms with Gasteiger partial charge in [0.15, 0.2) is 0 Å². The molecule has 3 aromatic rings. The maximum absolute atomic E-state index is 12.0. The zero-order valence-corrected chi connectivity index (χ0v) is 13.8. The molecule has 0 bridgehead atoms. The summed E-state index contributed by atoms with van der Waals surface area (Å²) in [5.74, 6) is -0.423. The first-order valence-electron chi connectivity index (χ1n) is 6.58. The first kappa shape index (κ1) is 15.4. The predicted molar refractivity (Wildman–Crippen MR) is 83.7 cm³/mol. The molecule has 0 aliphatic carbocycles. The average Bonchev–Trinajstić information content (AvgIpc) is 3.14. The summed E-state index contributed by atoms with van der Waals surface area (Å²) in [5, 5.41) is 0.500. The second-order valence-corrected chi connectivity index (χ2v) is 5.52. The third-order valence-corrected chi connectivity index (χ3v) is 3.85. The van der Waals surface area contributed by atoms with Crippen LogP contribution in [0.15, 0.2) is 43.8 Å². The fraction of sp³-hybridized carbons (Fsp3) is 0.125. The Hall–Kier alpha value is -2.54. The monoisotopic (exact) mass is 378 g/mol. The van der Waals surface area contributed by atoms with Crippen molar-refractivity contribution < 1.29 is 27.9 Å². The molecule has 2 aromatic heterocycles. The Balaban J connectivity index is 2.06. The lowest BCUT2D eigenvalue weighted by Gasteiger charge is -2.05. The molecule has 0 aliphatic heterocycles. The Morgan fingerprint density at radius 3 is 2.65 bits per heavy atom. The smallest absolute Gasteiger partial charge is 0.379 e. The maximum Gasteiger partial charge on any atom is 0.379 e. The van der Waals surface area contributed by atoms with Crippen molar-refractivity contribution in [3.63, 3.8) is 0 Å². The minimum absolute atomic E-state index is 0.0774. The summed E-state index contributed by atoms with van der Waals surface area (Å²) >= 11 is 3.31. The molecule has 0 atom stereocenters. The maximum atomic E-state index is 12.0. The molecule has 0 saturated heterocycles. The van der Waals surface area contributed by atoms with Gasteiger partial charge in [0.1, 0.15) is 22.7 Å². The molecule has 23 heavy (non-hydrogen) atoms. The van der Waals surface area contributed by atoms with Gasteiger partial charge in [-0.25, -0.2) is 9.59 Å². The van der Waals surface area contributed by atoms with E-state index in [9.17, 15) is 9.59 Å². The summed E-state index contributed by atoms with van der Waals surface area (Å²) in [6, 6.07) is 6.25. The van der Waals surface area contributed by atoms with E-state index in [2.05, 4.69) is 15.9 Å². The number of hydrogen-bond donors (Lipinski definition) is 0. The number of aryl methyl sites for hydroxylation is 1. The van der Waals surface area contributed by atoms with E-state index in [1.807, 2.05) is 0 Å². The van der Waals surface area contributed by atoms with Crippen LogP contribution in [0, 0.1) is 6.92 Å². The van der Waals surface area contributed by atoms with Crippen LogP contribution >= 0.6 is 15.9 Å². The van der Waals surface area contributed by atoms with Crippen molar-refractivity contribution in [2.75, 3.05) is 7.11 Å². The molecule has 7 heteroatoms. The van der Waals surface area contributed by atoms with Crippen LogP contribution in [-0.2, 0) is 4.74 Å². The Morgan fingerprint density at radius 2 is 2.00 bits per heavy atom. The Kier molecular flexibility index (Phi) is 3.96. The van der Waals surface area contributed by atoms with E-state index in [4.69, 9.17) is 18.3 Å². The highest BCUT2D eigenvalue weighted by molar-refractivity contribution is 9.10. The van der Waals surface area contributed by atoms with E-state index in [1.165, 1.54) is 19.4 Å². The molecule has 3 rings (SSSR count). The minimum Gasteiger partial charge on any atom is -0.465 e. The third-order valence-electron chi connectivity index (χ3n) is 3.23. The van der Waals surface area contributed by atoms with Gasteiger partial charge < -0.3 is 18.3 Å². The number of hydrogen-bond acceptors (Lipinski definition) is 6. The van der Waals surface area contributed by atoms with E-state index >= 15 is 0 Å². The summed E-state index contributed by atoms with van der Waals surface area (Å²) in [5.41, 5.74) is 0.776. The second-order valence-electron chi connectivity index (χ2n) is 4.67. The summed E-state index contributed by atoms with van der Waals surface area (Å²) in [7, 11) is 1.29. The zero-order chi connectivity index (χ0) is 16.6. The molecule has 6 nitrogen and oxygen atoms in total. The van der Waals surface area contributed by atoms with Gasteiger partial charge in [0.2, 0.25) is 5.76 Å². The number of rotatable bonds is 3. The molecular weight excluding hydrogens is 368 g/mol. The summed E-state index contributed by atoms with van der Waals surface area (Å²) < 4.78 is 21.1. The molecule has 0 spiro atoms. The number of methoxy groups -OCH3 is 1. The lowest BCUT2D eigenvalue weighted by Crippen LogP contribution is -2.07. The molecule has 1 aromatic carbocycles. The fourth-order valence-electron chi connectivity index (χ4n) is 2.20. The average molecular weight is 379 g/mol. The summed E-state index contributed by atoms with van der Waals surface area (Å²) in [6.07, 6.45) is 1.38. The molecule has 118 valence electrons. The standard InChI is InChI=1S/C16H11BrO6/c1-8-14(16(19)20-2)9-6-13(10(17)7-12(9)22-8)23-15(18)11-4-3-5-21-11/h3-7H,1-2H3. The largest absolute Gasteiger partial charge is 0.465 e. The quantitative estimate of drug-likeness (QED) is 0.504. The van der Waals surface area contributed by atoms with E-state index in [-0.39, 0.29) is 11.5 Å². The number of benzene rings is 1. The van der Waals surface area contributed by atoms with Gasteiger partial charge in [0.05, 0.1) is 17.8 Å². The Bertz CT molecular complexity index is 891. The third kappa shape index (κ3) is 2.75. The lowest BCUT2D eigenvalue weighted by atomic mass is 10.1. The van der Waals surface area contributed by atoms with Gasteiger partial charge in [-0.1, -0.05) is 0 Å². The molecule has 0 aliphatic rings. The second kappa shape index (κ2) is 5.92. The van der Waals surface area contributed by atoms with Crippen LogP contribution in [0.1, 0.15) is 26.7 Å². The van der Waals surface area contributed by atoms with Gasteiger partial charge >= 0.3 is 11.9 Å². The van der Waals surface area contributed by atoms with Crippen molar-refractivity contribution in [3.8, 4) is 5.75 Å². The van der Waals surface area contributed by atoms with Gasteiger partial charge in [0.25, 0.3) is 0 Å². The van der Waals surface area contributed by atoms with Gasteiger partial charge in [-0.05, 0) is 47.1 Å². The molecule has 0 unspecified atom stereocenters. The normalized spacial score (nSPS) is 10.7. The molecule has 0 amide bonds. The van der Waals surface area contributed by atoms with Crippen molar-refractivity contribution >= 4 is 38.8 Å². The Labute approximate surface area is 139 Å². The van der Waals surface area contributed by atoms with Crippen molar-refractivity contribution in [1.29, 1.82) is 0 Å². The van der Waals surface area contributed by atoms with Crippen molar-refractivity contribution in [2.45, 2.75) is 6.92 Å². The Morgan fingerprint density at radius 1 is 1.22 bits per heavy atom. The van der Waals surface area contributed by atoms with Crippen LogP contribution < -0.4 is 4.74 Å². The first-order chi connectivity index (χ1) is 11.0. The highest BCUT2D eigenvalue weighted by Gasteiger charge is 2.22. The SMILES string of the molecule is COC(=O)c1c(C)oc2cc(Br)c(OC(=O)c3ccco3)cc12. The zero-order valence-electron chi connectivity index (χ0n) is 12.2. The molecule has 0 N–H and O–H groups in total. The van der Waals surface area contributed by atoms with Crippen LogP contribution in [0.25, 0.3) is 11.0 Å². The van der Waals surface area contributed by atoms with Crippen LogP contribution in [0.3, 0.4) is 0 Å². The van der Waals surface area contributed by atoms with E-state index in [0.29, 0.717) is 26.8 Å². The number of ether oxygens (including phenoxy) is 2. The topological polar surface area (TPSA) is 78.9 Å². The minimum atomic E-state index is -0.644. The lowest BCUT2D eigenvalue weighted by molar-refractivity contribution is 0.0600. The van der Waals surface area contributed by atoms with Crippen LogP contribution in [0.2, 0.25) is 0 Å². The van der Waals surface area contributed by atoms with Crippen LogP contribution in [0.4, 0.5) is 0 Å². The van der Waals surface area contributed by atoms with E-state index in [0.717, 1.165) is 0 Å². The van der Waals surface area contributed by atoms with Crippen LogP contribution in [-0.4, -0.2) is 19.0 Å². The van der Waals surface area contributed by atoms with Crippen LogP contribution in [0.5, 0.6) is 5.75 Å². The van der Waals surface area contributed by atoms with E-state index in [1.54, 1.807) is 25.1 Å². The van der Waals surface area contributed by atoms with Gasteiger partial charge in [0, 0.05) is 5.39 Å². The van der Waals surface area contributed by atoms with Gasteiger partial charge in [-0.15, -0.1) is 0 Å². The molecule has 0 saturated carbocycles.